The standard InChI is InChI=1S/C22H34N4O/c1-4-25(18-21-14-23-24(2)15-21)16-20-8-6-11-26(17-20)12-10-19-7-5-9-22(13-19)27-3/h5,7,9,13-15,20H,4,6,8,10-12,16-18H2,1-3H3/t20-/m1/s1. The summed E-state index contributed by atoms with van der Waals surface area (Å²) in [4.78, 5) is 5.21. The Morgan fingerprint density at radius 1 is 1.30 bits per heavy atom. The van der Waals surface area contributed by atoms with Crippen molar-refractivity contribution in [1.82, 2.24) is 19.6 Å². The van der Waals surface area contributed by atoms with E-state index in [9.17, 15) is 0 Å². The molecule has 1 aromatic heterocycles. The van der Waals surface area contributed by atoms with Crippen molar-refractivity contribution in [1.29, 1.82) is 0 Å². The van der Waals surface area contributed by atoms with E-state index in [1.807, 2.05) is 24.0 Å². The maximum absolute atomic E-state index is 5.35. The first-order valence-corrected chi connectivity index (χ1v) is 10.2. The van der Waals surface area contributed by atoms with E-state index in [1.54, 1.807) is 7.11 Å². The summed E-state index contributed by atoms with van der Waals surface area (Å²) >= 11 is 0. The number of aryl methyl sites for hydroxylation is 1. The highest BCUT2D eigenvalue weighted by Crippen LogP contribution is 2.20. The van der Waals surface area contributed by atoms with Crippen LogP contribution in [0.4, 0.5) is 0 Å². The van der Waals surface area contributed by atoms with Crippen LogP contribution in [0.2, 0.25) is 0 Å². The number of ether oxygens (including phenoxy) is 1. The zero-order valence-corrected chi connectivity index (χ0v) is 17.1. The first-order chi connectivity index (χ1) is 13.2. The van der Waals surface area contributed by atoms with E-state index >= 15 is 0 Å². The van der Waals surface area contributed by atoms with Crippen LogP contribution in [-0.2, 0) is 20.0 Å². The fraction of sp³-hybridized carbons (Fsp3) is 0.591. The molecule has 1 fully saturated rings. The minimum atomic E-state index is 0.765. The van der Waals surface area contributed by atoms with Gasteiger partial charge in [-0.15, -0.1) is 0 Å². The number of aromatic nitrogens is 2. The van der Waals surface area contributed by atoms with Crippen molar-refractivity contribution < 1.29 is 4.74 Å². The first-order valence-electron chi connectivity index (χ1n) is 10.2. The predicted octanol–water partition coefficient (Wildman–Crippen LogP) is 3.21. The third kappa shape index (κ3) is 6.08. The van der Waals surface area contributed by atoms with Gasteiger partial charge in [0.2, 0.25) is 0 Å². The number of benzene rings is 1. The van der Waals surface area contributed by atoms with Crippen molar-refractivity contribution in [3.8, 4) is 5.75 Å². The van der Waals surface area contributed by atoms with Gasteiger partial charge in [0.05, 0.1) is 13.3 Å². The normalized spacial score (nSPS) is 18.1. The van der Waals surface area contributed by atoms with Gasteiger partial charge in [0.25, 0.3) is 0 Å². The highest BCUT2D eigenvalue weighted by molar-refractivity contribution is 5.28. The van der Waals surface area contributed by atoms with Gasteiger partial charge in [0.15, 0.2) is 0 Å². The van der Waals surface area contributed by atoms with Crippen LogP contribution in [-0.4, -0.2) is 59.4 Å². The lowest BCUT2D eigenvalue weighted by atomic mass is 9.96. The molecule has 0 radical (unpaired) electrons. The van der Waals surface area contributed by atoms with E-state index in [1.165, 1.54) is 43.6 Å². The van der Waals surface area contributed by atoms with Gasteiger partial charge in [-0.1, -0.05) is 19.1 Å². The number of hydrogen-bond acceptors (Lipinski definition) is 4. The molecule has 27 heavy (non-hydrogen) atoms. The molecule has 2 heterocycles. The van der Waals surface area contributed by atoms with E-state index in [4.69, 9.17) is 4.74 Å². The third-order valence-electron chi connectivity index (χ3n) is 5.58. The minimum absolute atomic E-state index is 0.765. The summed E-state index contributed by atoms with van der Waals surface area (Å²) in [5.41, 5.74) is 2.67. The molecule has 0 spiro atoms. The Labute approximate surface area is 163 Å². The Balaban J connectivity index is 1.47. The average molecular weight is 371 g/mol. The van der Waals surface area contributed by atoms with Gasteiger partial charge >= 0.3 is 0 Å². The van der Waals surface area contributed by atoms with Crippen LogP contribution in [0.15, 0.2) is 36.7 Å². The lowest BCUT2D eigenvalue weighted by Gasteiger charge is -2.35. The Kier molecular flexibility index (Phi) is 7.30. The molecule has 0 aliphatic carbocycles. The van der Waals surface area contributed by atoms with Crippen molar-refractivity contribution in [3.63, 3.8) is 0 Å². The number of nitrogens with zero attached hydrogens (tertiary/aromatic N) is 4. The van der Waals surface area contributed by atoms with E-state index in [2.05, 4.69) is 46.2 Å². The summed E-state index contributed by atoms with van der Waals surface area (Å²) in [5, 5.41) is 4.30. The highest BCUT2D eigenvalue weighted by atomic mass is 16.5. The molecule has 5 heteroatoms. The molecule has 1 aliphatic rings. The van der Waals surface area contributed by atoms with Crippen LogP contribution >= 0.6 is 0 Å². The highest BCUT2D eigenvalue weighted by Gasteiger charge is 2.21. The lowest BCUT2D eigenvalue weighted by molar-refractivity contribution is 0.133. The van der Waals surface area contributed by atoms with Gasteiger partial charge in [-0.2, -0.15) is 5.10 Å². The van der Waals surface area contributed by atoms with Crippen LogP contribution in [0.3, 0.4) is 0 Å². The SMILES string of the molecule is CCN(Cc1cnn(C)c1)C[C@H]1CCCN(CCc2cccc(OC)c2)C1. The smallest absolute Gasteiger partial charge is 0.119 e. The second kappa shape index (κ2) is 9.90. The Morgan fingerprint density at radius 2 is 2.19 bits per heavy atom. The Bertz CT molecular complexity index is 699. The predicted molar refractivity (Wildman–Crippen MR) is 110 cm³/mol. The maximum atomic E-state index is 5.35. The third-order valence-corrected chi connectivity index (χ3v) is 5.58. The van der Waals surface area contributed by atoms with Crippen molar-refractivity contribution in [3.05, 3.63) is 47.8 Å². The second-order valence-corrected chi connectivity index (χ2v) is 7.76. The van der Waals surface area contributed by atoms with Gasteiger partial charge in [-0.25, -0.2) is 0 Å². The minimum Gasteiger partial charge on any atom is -0.497 e. The fourth-order valence-corrected chi connectivity index (χ4v) is 4.10. The molecule has 5 nitrogen and oxygen atoms in total. The van der Waals surface area contributed by atoms with Crippen LogP contribution < -0.4 is 4.74 Å². The van der Waals surface area contributed by atoms with Crippen LogP contribution in [0.5, 0.6) is 5.75 Å². The van der Waals surface area contributed by atoms with Crippen molar-refractivity contribution in [2.45, 2.75) is 32.7 Å². The number of hydrogen-bond donors (Lipinski definition) is 0. The molecule has 2 aromatic rings. The summed E-state index contributed by atoms with van der Waals surface area (Å²) in [6.45, 7) is 9.13. The van der Waals surface area contributed by atoms with E-state index in [0.717, 1.165) is 37.7 Å². The molecule has 1 aliphatic heterocycles. The largest absolute Gasteiger partial charge is 0.497 e. The summed E-state index contributed by atoms with van der Waals surface area (Å²) in [6.07, 6.45) is 7.87. The van der Waals surface area contributed by atoms with Crippen LogP contribution in [0, 0.1) is 5.92 Å². The summed E-state index contributed by atoms with van der Waals surface area (Å²) in [6, 6.07) is 8.47. The average Bonchev–Trinajstić information content (AvgIpc) is 3.11. The maximum Gasteiger partial charge on any atom is 0.119 e. The number of rotatable bonds is 9. The topological polar surface area (TPSA) is 33.5 Å². The summed E-state index contributed by atoms with van der Waals surface area (Å²) < 4.78 is 7.24. The zero-order valence-electron chi connectivity index (χ0n) is 17.1. The van der Waals surface area contributed by atoms with Crippen molar-refractivity contribution >= 4 is 0 Å². The number of methoxy groups -OCH3 is 1. The molecular weight excluding hydrogens is 336 g/mol. The Morgan fingerprint density at radius 3 is 2.93 bits per heavy atom. The van der Waals surface area contributed by atoms with Gasteiger partial charge in [0, 0.05) is 45.0 Å². The number of likely N-dealkylation sites (tertiary alicyclic amines) is 1. The van der Waals surface area contributed by atoms with E-state index in [-0.39, 0.29) is 0 Å². The van der Waals surface area contributed by atoms with Crippen molar-refractivity contribution in [2.24, 2.45) is 13.0 Å². The zero-order chi connectivity index (χ0) is 19.1. The van der Waals surface area contributed by atoms with Crippen molar-refractivity contribution in [2.75, 3.05) is 39.8 Å². The monoisotopic (exact) mass is 370 g/mol. The van der Waals surface area contributed by atoms with E-state index < -0.39 is 0 Å². The van der Waals surface area contributed by atoms with Gasteiger partial charge in [-0.05, 0) is 56.0 Å². The first kappa shape index (κ1) is 19.9. The second-order valence-electron chi connectivity index (χ2n) is 7.76. The van der Waals surface area contributed by atoms with E-state index in [0.29, 0.717) is 0 Å². The quantitative estimate of drug-likeness (QED) is 0.679. The van der Waals surface area contributed by atoms with Gasteiger partial charge < -0.3 is 9.64 Å². The lowest BCUT2D eigenvalue weighted by Crippen LogP contribution is -2.41. The molecular formula is C22H34N4O. The molecule has 1 atom stereocenters. The van der Waals surface area contributed by atoms with Gasteiger partial charge in [-0.3, -0.25) is 9.58 Å². The molecule has 0 amide bonds. The molecule has 0 unspecified atom stereocenters. The molecule has 1 saturated heterocycles. The number of piperidine rings is 1. The molecule has 1 aromatic carbocycles. The molecule has 0 N–H and O–H groups in total. The molecule has 3 rings (SSSR count). The summed E-state index contributed by atoms with van der Waals surface area (Å²) in [5.74, 6) is 1.72. The molecule has 0 saturated carbocycles. The molecule has 148 valence electrons. The summed E-state index contributed by atoms with van der Waals surface area (Å²) in [7, 11) is 3.72. The van der Waals surface area contributed by atoms with Crippen LogP contribution in [0.25, 0.3) is 0 Å². The fourth-order valence-electron chi connectivity index (χ4n) is 4.10. The molecule has 0 bridgehead atoms. The van der Waals surface area contributed by atoms with Crippen LogP contribution in [0.1, 0.15) is 30.9 Å². The van der Waals surface area contributed by atoms with Gasteiger partial charge in [0.1, 0.15) is 5.75 Å². The Hall–Kier alpha value is -1.85.